The molecule has 2 aromatic rings. The molecule has 26 heavy (non-hydrogen) atoms. The van der Waals surface area contributed by atoms with Gasteiger partial charge in [0.1, 0.15) is 12.4 Å². The molecule has 1 saturated carbocycles. The van der Waals surface area contributed by atoms with Crippen LogP contribution in [0.1, 0.15) is 45.2 Å². The molecule has 3 rings (SSSR count). The van der Waals surface area contributed by atoms with Gasteiger partial charge in [0.2, 0.25) is 0 Å². The topological polar surface area (TPSA) is 30.5 Å². The smallest absolute Gasteiger partial charge is 1.00 e. The summed E-state index contributed by atoms with van der Waals surface area (Å²) in [6, 6.07) is 13.1. The molecule has 1 aliphatic rings. The minimum absolute atomic E-state index is 0. The van der Waals surface area contributed by atoms with Gasteiger partial charge in [-0.05, 0) is 55.2 Å². The van der Waals surface area contributed by atoms with Gasteiger partial charge in [-0.1, -0.05) is 31.0 Å². The quantitative estimate of drug-likeness (QED) is 0.760. The molecule has 0 aromatic heterocycles. The van der Waals surface area contributed by atoms with Gasteiger partial charge < -0.3 is 27.2 Å². The molecule has 0 bridgehead atoms. The Bertz CT molecular complexity index is 678. The van der Waals surface area contributed by atoms with Crippen LogP contribution >= 0.6 is 0 Å². The number of halogens is 2. The third-order valence-electron chi connectivity index (χ3n) is 4.57. The van der Waals surface area contributed by atoms with E-state index < -0.39 is 0 Å². The maximum absolute atomic E-state index is 13.0. The molecule has 1 fully saturated rings. The summed E-state index contributed by atoms with van der Waals surface area (Å²) in [5.74, 6) is 1.24. The molecule has 0 heterocycles. The number of hydrogen-bond donors (Lipinski definition) is 1. The Labute approximate surface area is 162 Å². The first kappa shape index (κ1) is 20.5. The number of nitrogens with one attached hydrogen (secondary N) is 1. The van der Waals surface area contributed by atoms with Crippen LogP contribution in [-0.4, -0.2) is 12.6 Å². The van der Waals surface area contributed by atoms with Crippen molar-refractivity contribution in [3.05, 3.63) is 59.4 Å². The van der Waals surface area contributed by atoms with Gasteiger partial charge in [-0.15, -0.1) is 0 Å². The molecule has 0 unspecified atom stereocenters. The minimum atomic E-state index is -0.238. The summed E-state index contributed by atoms with van der Waals surface area (Å²) in [6.07, 6.45) is 5.21. The van der Waals surface area contributed by atoms with Crippen molar-refractivity contribution in [2.75, 3.05) is 6.61 Å². The Morgan fingerprint density at radius 2 is 1.69 bits per heavy atom. The van der Waals surface area contributed by atoms with E-state index in [0.29, 0.717) is 19.3 Å². The predicted molar refractivity (Wildman–Crippen MR) is 98.6 cm³/mol. The van der Waals surface area contributed by atoms with Crippen LogP contribution in [0, 0.1) is 5.82 Å². The summed E-state index contributed by atoms with van der Waals surface area (Å²) >= 11 is 0. The lowest BCUT2D eigenvalue weighted by molar-refractivity contribution is -0.00000659. The largest absolute Gasteiger partial charge is 1.00 e. The van der Waals surface area contributed by atoms with Crippen molar-refractivity contribution in [3.63, 3.8) is 0 Å². The second kappa shape index (κ2) is 10.4. The van der Waals surface area contributed by atoms with Crippen molar-refractivity contribution in [2.24, 2.45) is 0 Å². The molecule has 0 radical (unpaired) electrons. The highest BCUT2D eigenvalue weighted by atomic mass is 35.5. The van der Waals surface area contributed by atoms with E-state index in [1.165, 1.54) is 43.4 Å². The minimum Gasteiger partial charge on any atom is -1.00 e. The molecule has 0 aliphatic heterocycles. The molecule has 5 heteroatoms. The summed E-state index contributed by atoms with van der Waals surface area (Å²) in [4.78, 5) is 0. The summed E-state index contributed by atoms with van der Waals surface area (Å²) in [6.45, 7) is 3.79. The van der Waals surface area contributed by atoms with E-state index in [4.69, 9.17) is 9.47 Å². The molecule has 3 nitrogen and oxygen atoms in total. The van der Waals surface area contributed by atoms with Gasteiger partial charge in [0.25, 0.3) is 0 Å². The van der Waals surface area contributed by atoms with Crippen LogP contribution in [0.4, 0.5) is 4.39 Å². The number of benzene rings is 2. The lowest BCUT2D eigenvalue weighted by Crippen LogP contribution is -3.00. The zero-order valence-corrected chi connectivity index (χ0v) is 15.9. The Morgan fingerprint density at radius 3 is 2.38 bits per heavy atom. The Morgan fingerprint density at radius 1 is 1.00 bits per heavy atom. The highest BCUT2D eigenvalue weighted by molar-refractivity contribution is 5.43. The van der Waals surface area contributed by atoms with Crippen LogP contribution in [0.25, 0.3) is 0 Å². The van der Waals surface area contributed by atoms with Crippen LogP contribution in [0.15, 0.2) is 42.5 Å². The second-order valence-corrected chi connectivity index (χ2v) is 6.49. The van der Waals surface area contributed by atoms with Gasteiger partial charge in [-0.2, -0.15) is 0 Å². The van der Waals surface area contributed by atoms with Crippen molar-refractivity contribution in [1.29, 1.82) is 0 Å². The van der Waals surface area contributed by atoms with Gasteiger partial charge in [-0.25, -0.2) is 4.39 Å². The third-order valence-corrected chi connectivity index (χ3v) is 4.57. The zero-order chi connectivity index (χ0) is 17.5. The number of rotatable bonds is 8. The summed E-state index contributed by atoms with van der Waals surface area (Å²) < 4.78 is 24.6. The van der Waals surface area contributed by atoms with Crippen LogP contribution in [-0.2, 0) is 13.2 Å². The maximum Gasteiger partial charge on any atom is 1.00 e. The molecule has 0 atom stereocenters. The van der Waals surface area contributed by atoms with E-state index >= 15 is 0 Å². The monoisotopic (exact) mass is 379 g/mol. The van der Waals surface area contributed by atoms with Gasteiger partial charge >= 0.3 is 1.43 Å². The number of hydrogen-bond acceptors (Lipinski definition) is 3. The van der Waals surface area contributed by atoms with Crippen LogP contribution in [0.2, 0.25) is 0 Å². The van der Waals surface area contributed by atoms with E-state index in [9.17, 15) is 4.39 Å². The van der Waals surface area contributed by atoms with Crippen LogP contribution in [0.5, 0.6) is 11.5 Å². The summed E-state index contributed by atoms with van der Waals surface area (Å²) in [7, 11) is 0. The predicted octanol–water partition coefficient (Wildman–Crippen LogP) is 1.95. The fourth-order valence-electron chi connectivity index (χ4n) is 3.18. The highest BCUT2D eigenvalue weighted by Crippen LogP contribution is 2.29. The standard InChI is InChI=1S/C21H26FNO2.ClH/c1-2-24-21-13-17(14-23-19-5-3-4-6-19)9-12-20(21)25-15-16-7-10-18(22)11-8-16;/h7-13,19,23H,2-6,14-15H2,1H3;1H. The van der Waals surface area contributed by atoms with Gasteiger partial charge in [-0.3, -0.25) is 0 Å². The molecule has 142 valence electrons. The molecule has 0 spiro atoms. The molecular formula is C21H27ClFNO2. The van der Waals surface area contributed by atoms with Gasteiger partial charge in [0.15, 0.2) is 11.5 Å². The normalized spacial score (nSPS) is 14.1. The number of ether oxygens (including phenoxy) is 2. The summed E-state index contributed by atoms with van der Waals surface area (Å²) in [5.41, 5.74) is 2.13. The average Bonchev–Trinajstić information content (AvgIpc) is 3.14. The Kier molecular flexibility index (Phi) is 8.20. The average molecular weight is 380 g/mol. The van der Waals surface area contributed by atoms with Crippen LogP contribution in [0.3, 0.4) is 0 Å². The van der Waals surface area contributed by atoms with Crippen molar-refractivity contribution < 1.29 is 27.7 Å². The van der Waals surface area contributed by atoms with Crippen molar-refractivity contribution in [1.82, 2.24) is 5.32 Å². The van der Waals surface area contributed by atoms with Crippen molar-refractivity contribution in [2.45, 2.75) is 51.8 Å². The third kappa shape index (κ3) is 5.89. The molecule has 0 saturated heterocycles. The Hall–Kier alpha value is -1.78. The fourth-order valence-corrected chi connectivity index (χ4v) is 3.18. The molecule has 1 N–H and O–H groups in total. The molecular weight excluding hydrogens is 353 g/mol. The second-order valence-electron chi connectivity index (χ2n) is 6.49. The first-order valence-electron chi connectivity index (χ1n) is 9.11. The van der Waals surface area contributed by atoms with Gasteiger partial charge in [0, 0.05) is 12.6 Å². The first-order valence-corrected chi connectivity index (χ1v) is 9.11. The van der Waals surface area contributed by atoms with E-state index in [1.807, 2.05) is 19.1 Å². The molecule has 1 aliphatic carbocycles. The maximum atomic E-state index is 13.0. The zero-order valence-electron chi connectivity index (χ0n) is 16.1. The molecule has 0 amide bonds. The van der Waals surface area contributed by atoms with E-state index in [-0.39, 0.29) is 19.7 Å². The Balaban J connectivity index is 0.00000182. The SMILES string of the molecule is CCOc1cc(CNC2CCCC2)ccc1OCc1ccc(F)cc1.[Cl-].[H+]. The fraction of sp³-hybridized carbons (Fsp3) is 0.429. The van der Waals surface area contributed by atoms with E-state index in [1.54, 1.807) is 12.1 Å². The van der Waals surface area contributed by atoms with Crippen molar-refractivity contribution in [3.8, 4) is 11.5 Å². The van der Waals surface area contributed by atoms with Gasteiger partial charge in [0.05, 0.1) is 6.61 Å². The van der Waals surface area contributed by atoms with Crippen molar-refractivity contribution >= 4 is 0 Å². The lowest BCUT2D eigenvalue weighted by Gasteiger charge is -2.15. The molecule has 2 aromatic carbocycles. The van der Waals surface area contributed by atoms with E-state index in [0.717, 1.165) is 23.6 Å². The van der Waals surface area contributed by atoms with E-state index in [2.05, 4.69) is 11.4 Å². The lowest BCUT2D eigenvalue weighted by atomic mass is 10.1. The summed E-state index contributed by atoms with van der Waals surface area (Å²) in [5, 5.41) is 3.62. The highest BCUT2D eigenvalue weighted by Gasteiger charge is 2.14. The van der Waals surface area contributed by atoms with Crippen LogP contribution < -0.4 is 27.2 Å². The first-order chi connectivity index (χ1) is 12.2.